The van der Waals surface area contributed by atoms with Gasteiger partial charge in [0.05, 0.1) is 15.6 Å². The minimum absolute atomic E-state index is 0.115. The predicted molar refractivity (Wildman–Crippen MR) is 98.8 cm³/mol. The number of nitrogens with one attached hydrogen (secondary N) is 1. The third-order valence-corrected chi connectivity index (χ3v) is 4.43. The van der Waals surface area contributed by atoms with Crippen molar-refractivity contribution in [1.82, 2.24) is 0 Å². The van der Waals surface area contributed by atoms with Gasteiger partial charge in [-0.25, -0.2) is 8.78 Å². The molecular formula is C18H11ClF8N2O4. The number of ether oxygens (including phenoxy) is 1. The van der Waals surface area contributed by atoms with Crippen molar-refractivity contribution in [3.05, 3.63) is 63.2 Å². The molecule has 0 aliphatic rings. The van der Waals surface area contributed by atoms with Gasteiger partial charge in [0.15, 0.2) is 12.4 Å². The second-order valence-electron chi connectivity index (χ2n) is 6.36. The molecule has 0 atom stereocenters. The van der Waals surface area contributed by atoms with E-state index in [2.05, 4.69) is 10.1 Å². The summed E-state index contributed by atoms with van der Waals surface area (Å²) in [7, 11) is 0. The summed E-state index contributed by atoms with van der Waals surface area (Å²) in [4.78, 5) is 22.2. The molecule has 0 unspecified atom stereocenters. The van der Waals surface area contributed by atoms with E-state index in [0.29, 0.717) is 12.1 Å². The van der Waals surface area contributed by atoms with Crippen molar-refractivity contribution in [2.45, 2.75) is 24.2 Å². The van der Waals surface area contributed by atoms with Crippen molar-refractivity contribution in [3.63, 3.8) is 0 Å². The first-order valence-electron chi connectivity index (χ1n) is 8.50. The Hall–Kier alpha value is -3.16. The second kappa shape index (κ2) is 9.37. The molecule has 1 N–H and O–H groups in total. The number of carbonyl (C=O) groups is 1. The number of para-hydroxylation sites is 1. The van der Waals surface area contributed by atoms with E-state index >= 15 is 0 Å². The number of rotatable bonds is 9. The molecule has 180 valence electrons. The van der Waals surface area contributed by atoms with Gasteiger partial charge in [-0.05, 0) is 24.3 Å². The molecule has 0 aliphatic carbocycles. The van der Waals surface area contributed by atoms with Gasteiger partial charge in [-0.2, -0.15) is 26.3 Å². The highest BCUT2D eigenvalue weighted by molar-refractivity contribution is 6.33. The highest BCUT2D eigenvalue weighted by Gasteiger charge is 2.75. The maximum atomic E-state index is 13.6. The first-order valence-corrected chi connectivity index (χ1v) is 8.88. The van der Waals surface area contributed by atoms with Crippen molar-refractivity contribution < 1.29 is 49.6 Å². The van der Waals surface area contributed by atoms with Gasteiger partial charge in [0, 0.05) is 11.6 Å². The van der Waals surface area contributed by atoms with Gasteiger partial charge in [0.1, 0.15) is 0 Å². The van der Waals surface area contributed by atoms with Crippen molar-refractivity contribution in [1.29, 1.82) is 0 Å². The van der Waals surface area contributed by atoms with Gasteiger partial charge in [0.25, 0.3) is 5.91 Å². The fraction of sp³-hybridized carbons (Fsp3) is 0.278. The van der Waals surface area contributed by atoms with Crippen LogP contribution in [0.3, 0.4) is 0 Å². The predicted octanol–water partition coefficient (Wildman–Crippen LogP) is 6.05. The quantitative estimate of drug-likeness (QED) is 0.255. The molecule has 0 aromatic heterocycles. The van der Waals surface area contributed by atoms with Crippen molar-refractivity contribution in [3.8, 4) is 5.75 Å². The van der Waals surface area contributed by atoms with Crippen LogP contribution in [0.15, 0.2) is 42.5 Å². The molecule has 15 heteroatoms. The highest BCUT2D eigenvalue weighted by atomic mass is 35.5. The van der Waals surface area contributed by atoms with Crippen LogP contribution in [0, 0.1) is 10.1 Å². The largest absolute Gasteiger partial charge is 0.480 e. The molecule has 0 bridgehead atoms. The van der Waals surface area contributed by atoms with Crippen LogP contribution in [0.2, 0.25) is 5.02 Å². The van der Waals surface area contributed by atoms with Gasteiger partial charge in [-0.15, -0.1) is 0 Å². The lowest BCUT2D eigenvalue weighted by Gasteiger charge is -2.31. The zero-order chi connectivity index (χ0) is 25.2. The summed E-state index contributed by atoms with van der Waals surface area (Å²) >= 11 is 5.86. The number of nitro groups is 1. The molecule has 0 saturated heterocycles. The van der Waals surface area contributed by atoms with Gasteiger partial charge in [-0.1, -0.05) is 23.7 Å². The number of halogens is 9. The summed E-state index contributed by atoms with van der Waals surface area (Å²) in [5.74, 6) is -20.8. The maximum absolute atomic E-state index is 13.6. The minimum atomic E-state index is -6.54. The Bertz CT molecular complexity index is 1050. The summed E-state index contributed by atoms with van der Waals surface area (Å²) in [6, 6.07) is 7.79. The van der Waals surface area contributed by atoms with Crippen LogP contribution in [0.1, 0.15) is 10.4 Å². The topological polar surface area (TPSA) is 81.5 Å². The molecule has 0 fully saturated rings. The summed E-state index contributed by atoms with van der Waals surface area (Å²) in [5.41, 5.74) is -1.45. The summed E-state index contributed by atoms with van der Waals surface area (Å²) in [5, 5.41) is 13.6. The summed E-state index contributed by atoms with van der Waals surface area (Å²) < 4.78 is 108. The monoisotopic (exact) mass is 506 g/mol. The molecule has 1 amide bonds. The number of hydrogen-bond acceptors (Lipinski definition) is 4. The molecule has 0 radical (unpaired) electrons. The number of anilines is 1. The molecule has 0 aliphatic heterocycles. The van der Waals surface area contributed by atoms with Gasteiger partial charge >= 0.3 is 29.9 Å². The highest BCUT2D eigenvalue weighted by Crippen LogP contribution is 2.48. The van der Waals surface area contributed by atoms with Crippen LogP contribution < -0.4 is 10.1 Å². The molecule has 0 heterocycles. The van der Waals surface area contributed by atoms with E-state index in [1.807, 2.05) is 0 Å². The van der Waals surface area contributed by atoms with Gasteiger partial charge in [0.2, 0.25) is 0 Å². The van der Waals surface area contributed by atoms with Gasteiger partial charge < -0.3 is 10.1 Å². The van der Waals surface area contributed by atoms with Crippen LogP contribution in [0.5, 0.6) is 5.75 Å². The smallest absolute Gasteiger partial charge is 0.381 e. The molecule has 2 rings (SSSR count). The van der Waals surface area contributed by atoms with E-state index in [0.717, 1.165) is 6.07 Å². The number of carbonyl (C=O) groups excluding carboxylic acids is 1. The zero-order valence-corrected chi connectivity index (χ0v) is 16.6. The van der Waals surface area contributed by atoms with E-state index in [-0.39, 0.29) is 10.7 Å². The molecule has 2 aromatic carbocycles. The van der Waals surface area contributed by atoms with Crippen LogP contribution in [-0.2, 0) is 0 Å². The van der Waals surface area contributed by atoms with Crippen LogP contribution >= 0.6 is 11.6 Å². The first kappa shape index (κ1) is 26.1. The van der Waals surface area contributed by atoms with Crippen LogP contribution in [0.25, 0.3) is 0 Å². The number of nitrogens with zero attached hydrogens (tertiary/aromatic N) is 1. The fourth-order valence-corrected chi connectivity index (χ4v) is 2.50. The summed E-state index contributed by atoms with van der Waals surface area (Å²) in [6.45, 7) is -2.60. The Balaban J connectivity index is 2.27. The van der Waals surface area contributed by atoms with E-state index in [9.17, 15) is 50.0 Å². The van der Waals surface area contributed by atoms with Crippen molar-refractivity contribution in [2.75, 3.05) is 11.9 Å². The zero-order valence-electron chi connectivity index (χ0n) is 15.8. The lowest BCUT2D eigenvalue weighted by Crippen LogP contribution is -2.59. The first-order chi connectivity index (χ1) is 15.1. The third-order valence-electron chi connectivity index (χ3n) is 4.10. The number of nitro benzene ring substituents is 1. The number of amides is 1. The van der Waals surface area contributed by atoms with Crippen LogP contribution in [0.4, 0.5) is 46.5 Å². The Morgan fingerprint density at radius 3 is 2.24 bits per heavy atom. The Kier molecular flexibility index (Phi) is 7.41. The van der Waals surface area contributed by atoms with E-state index in [1.165, 1.54) is 18.2 Å². The van der Waals surface area contributed by atoms with E-state index in [1.54, 1.807) is 6.07 Å². The Morgan fingerprint density at radius 2 is 1.70 bits per heavy atom. The van der Waals surface area contributed by atoms with Crippen molar-refractivity contribution >= 4 is 28.9 Å². The van der Waals surface area contributed by atoms with E-state index < -0.39 is 58.6 Å². The maximum Gasteiger partial charge on any atom is 0.381 e. The SMILES string of the molecule is O=C(Nc1ccccc1Cl)c1ccc(OCC(F)(F)C(F)(F)C(F)(F)C(F)F)c([N+](=O)[O-])c1. The Labute approximate surface area is 184 Å². The van der Waals surface area contributed by atoms with Gasteiger partial charge in [-0.3, -0.25) is 14.9 Å². The lowest BCUT2D eigenvalue weighted by atomic mass is 10.1. The number of hydrogen-bond donors (Lipinski definition) is 1. The molecule has 0 saturated carbocycles. The van der Waals surface area contributed by atoms with Crippen molar-refractivity contribution in [2.24, 2.45) is 0 Å². The molecular weight excluding hydrogens is 496 g/mol. The van der Waals surface area contributed by atoms with E-state index in [4.69, 9.17) is 11.6 Å². The number of alkyl halides is 8. The second-order valence-corrected chi connectivity index (χ2v) is 6.77. The molecule has 6 nitrogen and oxygen atoms in total. The standard InChI is InChI=1S/C18H11ClF8N2O4/c19-10-3-1-2-4-11(10)28-14(30)9-5-6-13(12(7-9)29(31)32)33-8-16(22,23)18(26,27)17(24,25)15(20)21/h1-7,15H,8H2,(H,28,30). The average Bonchev–Trinajstić information content (AvgIpc) is 2.73. The minimum Gasteiger partial charge on any atom is -0.480 e. The fourth-order valence-electron chi connectivity index (χ4n) is 2.32. The molecule has 0 spiro atoms. The Morgan fingerprint density at radius 1 is 1.09 bits per heavy atom. The summed E-state index contributed by atoms with van der Waals surface area (Å²) in [6.07, 6.45) is -5.12. The average molecular weight is 507 g/mol. The lowest BCUT2D eigenvalue weighted by molar-refractivity contribution is -0.386. The normalized spacial score (nSPS) is 12.5. The molecule has 2 aromatic rings. The molecule has 33 heavy (non-hydrogen) atoms. The third kappa shape index (κ3) is 5.26. The number of benzene rings is 2. The van der Waals surface area contributed by atoms with Crippen LogP contribution in [-0.4, -0.2) is 41.6 Å².